The quantitative estimate of drug-likeness (QED) is 0.799. The number of nitrogens with zero attached hydrogens (tertiary/aromatic N) is 1. The van der Waals surface area contributed by atoms with Crippen LogP contribution in [0.4, 0.5) is 0 Å². The van der Waals surface area contributed by atoms with Gasteiger partial charge in [0.15, 0.2) is 0 Å². The number of nitrogens with one attached hydrogen (secondary N) is 1. The van der Waals surface area contributed by atoms with E-state index in [0.29, 0.717) is 23.6 Å². The van der Waals surface area contributed by atoms with E-state index in [9.17, 15) is 13.2 Å². The van der Waals surface area contributed by atoms with Crippen LogP contribution < -0.4 is 4.72 Å². The molecule has 0 saturated carbocycles. The van der Waals surface area contributed by atoms with Gasteiger partial charge in [0.25, 0.3) is 5.91 Å². The van der Waals surface area contributed by atoms with E-state index in [4.69, 9.17) is 11.6 Å². The van der Waals surface area contributed by atoms with Gasteiger partial charge in [-0.25, -0.2) is 13.1 Å². The molecule has 2 aromatic carbocycles. The lowest BCUT2D eigenvalue weighted by molar-refractivity contribution is 0.0735. The summed E-state index contributed by atoms with van der Waals surface area (Å²) in [6.07, 6.45) is 3.65. The summed E-state index contributed by atoms with van der Waals surface area (Å²) in [7, 11) is -3.18. The lowest BCUT2D eigenvalue weighted by atomic mass is 10.0. The SMILES string of the molecule is CS(=O)(=O)NCCc1ccc(C(=O)N2CCCC2c2ccc(Cl)cc2)cc1. The number of rotatable bonds is 6. The zero-order valence-corrected chi connectivity index (χ0v) is 16.8. The van der Waals surface area contributed by atoms with E-state index in [1.54, 1.807) is 0 Å². The molecule has 1 unspecified atom stereocenters. The number of amides is 1. The Balaban J connectivity index is 1.66. The average molecular weight is 407 g/mol. The maximum absolute atomic E-state index is 13.0. The number of halogens is 1. The van der Waals surface area contributed by atoms with E-state index in [0.717, 1.165) is 36.8 Å². The molecular weight excluding hydrogens is 384 g/mol. The molecule has 27 heavy (non-hydrogen) atoms. The minimum atomic E-state index is -3.18. The molecule has 1 aliphatic rings. The average Bonchev–Trinajstić information content (AvgIpc) is 3.11. The normalized spacial score (nSPS) is 17.3. The summed E-state index contributed by atoms with van der Waals surface area (Å²) in [4.78, 5) is 14.9. The third kappa shape index (κ3) is 5.31. The molecule has 0 aliphatic carbocycles. The van der Waals surface area contributed by atoms with Crippen molar-refractivity contribution in [3.8, 4) is 0 Å². The summed E-state index contributed by atoms with van der Waals surface area (Å²) in [5.74, 6) is 0.0215. The zero-order chi connectivity index (χ0) is 19.4. The molecule has 3 rings (SSSR count). The minimum Gasteiger partial charge on any atom is -0.332 e. The minimum absolute atomic E-state index is 0.0215. The molecule has 2 aromatic rings. The van der Waals surface area contributed by atoms with Gasteiger partial charge in [0.05, 0.1) is 12.3 Å². The molecule has 1 amide bonds. The van der Waals surface area contributed by atoms with E-state index < -0.39 is 10.0 Å². The third-order valence-electron chi connectivity index (χ3n) is 4.75. The molecule has 5 nitrogen and oxygen atoms in total. The van der Waals surface area contributed by atoms with Crippen LogP contribution in [0.5, 0.6) is 0 Å². The van der Waals surface area contributed by atoms with Crippen LogP contribution in [0.15, 0.2) is 48.5 Å². The van der Waals surface area contributed by atoms with Crippen molar-refractivity contribution in [2.75, 3.05) is 19.3 Å². The summed E-state index contributed by atoms with van der Waals surface area (Å²) in [6, 6.07) is 15.1. The van der Waals surface area contributed by atoms with Crippen LogP contribution in [0.1, 0.15) is 40.4 Å². The van der Waals surface area contributed by atoms with Crippen molar-refractivity contribution < 1.29 is 13.2 Å². The molecule has 1 aliphatic heterocycles. The summed E-state index contributed by atoms with van der Waals surface area (Å²) in [6.45, 7) is 1.09. The first-order valence-electron chi connectivity index (χ1n) is 8.93. The summed E-state index contributed by atoms with van der Waals surface area (Å²) in [5, 5.41) is 0.690. The van der Waals surface area contributed by atoms with E-state index in [2.05, 4.69) is 4.72 Å². The standard InChI is InChI=1S/C20H23ClN2O3S/c1-27(25,26)22-13-12-15-4-6-17(7-5-15)20(24)23-14-2-3-19(23)16-8-10-18(21)11-9-16/h4-11,19,22H,2-3,12-14H2,1H3. The molecule has 1 atom stereocenters. The molecule has 7 heteroatoms. The van der Waals surface area contributed by atoms with Crippen molar-refractivity contribution in [1.29, 1.82) is 0 Å². The number of likely N-dealkylation sites (tertiary alicyclic amines) is 1. The Morgan fingerprint density at radius 3 is 2.44 bits per heavy atom. The number of carbonyl (C=O) groups excluding carboxylic acids is 1. The highest BCUT2D eigenvalue weighted by atomic mass is 35.5. The van der Waals surface area contributed by atoms with E-state index in [-0.39, 0.29) is 11.9 Å². The Labute approximate surface area is 165 Å². The van der Waals surface area contributed by atoms with Crippen LogP contribution in [0, 0.1) is 0 Å². The van der Waals surface area contributed by atoms with Crippen molar-refractivity contribution in [2.45, 2.75) is 25.3 Å². The van der Waals surface area contributed by atoms with Crippen LogP contribution in [0.2, 0.25) is 5.02 Å². The highest BCUT2D eigenvalue weighted by Crippen LogP contribution is 2.33. The summed E-state index contributed by atoms with van der Waals surface area (Å²) >= 11 is 5.97. The molecule has 0 radical (unpaired) electrons. The van der Waals surface area contributed by atoms with Crippen LogP contribution >= 0.6 is 11.6 Å². The predicted molar refractivity (Wildman–Crippen MR) is 107 cm³/mol. The molecule has 1 fully saturated rings. The van der Waals surface area contributed by atoms with Gasteiger partial charge in [0, 0.05) is 23.7 Å². The topological polar surface area (TPSA) is 66.5 Å². The van der Waals surface area contributed by atoms with Crippen molar-refractivity contribution >= 4 is 27.5 Å². The predicted octanol–water partition coefficient (Wildman–Crippen LogP) is 3.41. The lowest BCUT2D eigenvalue weighted by Gasteiger charge is -2.25. The molecule has 0 bridgehead atoms. The van der Waals surface area contributed by atoms with Crippen LogP contribution in [-0.4, -0.2) is 38.6 Å². The molecule has 0 spiro atoms. The van der Waals surface area contributed by atoms with Crippen LogP contribution in [0.25, 0.3) is 0 Å². The lowest BCUT2D eigenvalue weighted by Crippen LogP contribution is -2.30. The van der Waals surface area contributed by atoms with Crippen LogP contribution in [-0.2, 0) is 16.4 Å². The monoisotopic (exact) mass is 406 g/mol. The zero-order valence-electron chi connectivity index (χ0n) is 15.2. The van der Waals surface area contributed by atoms with Gasteiger partial charge in [-0.2, -0.15) is 0 Å². The first kappa shape index (κ1) is 19.9. The van der Waals surface area contributed by atoms with E-state index in [1.165, 1.54) is 0 Å². The summed E-state index contributed by atoms with van der Waals surface area (Å²) in [5.41, 5.74) is 2.74. The Morgan fingerprint density at radius 1 is 1.15 bits per heavy atom. The van der Waals surface area contributed by atoms with E-state index in [1.807, 2.05) is 53.4 Å². The van der Waals surface area contributed by atoms with Gasteiger partial charge in [0.2, 0.25) is 10.0 Å². The van der Waals surface area contributed by atoms with Gasteiger partial charge in [-0.3, -0.25) is 4.79 Å². The van der Waals surface area contributed by atoms with Gasteiger partial charge in [-0.1, -0.05) is 35.9 Å². The Bertz CT molecular complexity index is 896. The Kier molecular flexibility index (Phi) is 6.19. The Morgan fingerprint density at radius 2 is 1.81 bits per heavy atom. The second kappa shape index (κ2) is 8.42. The van der Waals surface area contributed by atoms with Gasteiger partial charge in [-0.15, -0.1) is 0 Å². The molecule has 1 saturated heterocycles. The van der Waals surface area contributed by atoms with Gasteiger partial charge >= 0.3 is 0 Å². The molecular formula is C20H23ClN2O3S. The fraction of sp³-hybridized carbons (Fsp3) is 0.350. The first-order valence-corrected chi connectivity index (χ1v) is 11.2. The van der Waals surface area contributed by atoms with E-state index >= 15 is 0 Å². The van der Waals surface area contributed by atoms with Crippen molar-refractivity contribution in [1.82, 2.24) is 9.62 Å². The number of carbonyl (C=O) groups is 1. The smallest absolute Gasteiger partial charge is 0.254 e. The van der Waals surface area contributed by atoms with Crippen LogP contribution in [0.3, 0.4) is 0 Å². The van der Waals surface area contributed by atoms with Crippen molar-refractivity contribution in [3.05, 3.63) is 70.2 Å². The van der Waals surface area contributed by atoms with Crippen molar-refractivity contribution in [2.24, 2.45) is 0 Å². The number of benzene rings is 2. The molecule has 0 aromatic heterocycles. The maximum atomic E-state index is 13.0. The second-order valence-electron chi connectivity index (χ2n) is 6.82. The number of hydrogen-bond donors (Lipinski definition) is 1. The summed E-state index contributed by atoms with van der Waals surface area (Å²) < 4.78 is 24.7. The van der Waals surface area contributed by atoms with Gasteiger partial charge in [-0.05, 0) is 54.7 Å². The number of hydrogen-bond acceptors (Lipinski definition) is 3. The fourth-order valence-corrected chi connectivity index (χ4v) is 4.00. The highest BCUT2D eigenvalue weighted by Gasteiger charge is 2.30. The third-order valence-corrected chi connectivity index (χ3v) is 5.73. The first-order chi connectivity index (χ1) is 12.8. The molecule has 144 valence electrons. The molecule has 1 N–H and O–H groups in total. The second-order valence-corrected chi connectivity index (χ2v) is 9.09. The van der Waals surface area contributed by atoms with Gasteiger partial charge in [0.1, 0.15) is 0 Å². The fourth-order valence-electron chi connectivity index (χ4n) is 3.40. The Hall–Kier alpha value is -1.89. The largest absolute Gasteiger partial charge is 0.332 e. The van der Waals surface area contributed by atoms with Crippen molar-refractivity contribution in [3.63, 3.8) is 0 Å². The maximum Gasteiger partial charge on any atom is 0.254 e. The molecule has 1 heterocycles. The highest BCUT2D eigenvalue weighted by molar-refractivity contribution is 7.88. The van der Waals surface area contributed by atoms with Gasteiger partial charge < -0.3 is 4.90 Å². The number of sulfonamides is 1.